The Bertz CT molecular complexity index is 139. The summed E-state index contributed by atoms with van der Waals surface area (Å²) in [5.41, 5.74) is 5.49. The first kappa shape index (κ1) is 12.4. The zero-order valence-corrected chi connectivity index (χ0v) is 8.41. The Morgan fingerprint density at radius 2 is 2.15 bits per heavy atom. The SMILES string of the molecule is CCCCOCC(N)C(=O)OCC. The molecular weight excluding hydrogens is 170 g/mol. The van der Waals surface area contributed by atoms with Crippen LogP contribution in [0.1, 0.15) is 26.7 Å². The van der Waals surface area contributed by atoms with Crippen LogP contribution in [0.5, 0.6) is 0 Å². The molecular formula is C9H19NO3. The normalized spacial score (nSPS) is 12.5. The van der Waals surface area contributed by atoms with Crippen molar-refractivity contribution in [1.82, 2.24) is 0 Å². The average Bonchev–Trinajstić information content (AvgIpc) is 2.12. The topological polar surface area (TPSA) is 61.5 Å². The lowest BCUT2D eigenvalue weighted by Gasteiger charge is -2.10. The van der Waals surface area contributed by atoms with Crippen molar-refractivity contribution >= 4 is 5.97 Å². The molecule has 2 N–H and O–H groups in total. The zero-order chi connectivity index (χ0) is 10.1. The summed E-state index contributed by atoms with van der Waals surface area (Å²) >= 11 is 0. The highest BCUT2D eigenvalue weighted by Gasteiger charge is 2.13. The smallest absolute Gasteiger partial charge is 0.325 e. The van der Waals surface area contributed by atoms with E-state index < -0.39 is 6.04 Å². The van der Waals surface area contributed by atoms with Gasteiger partial charge in [-0.05, 0) is 13.3 Å². The predicted octanol–water partition coefficient (Wildman–Crippen LogP) is 0.694. The Balaban J connectivity index is 3.38. The lowest BCUT2D eigenvalue weighted by Crippen LogP contribution is -2.36. The molecule has 0 bridgehead atoms. The molecule has 0 aromatic heterocycles. The number of rotatable bonds is 7. The number of ether oxygens (including phenoxy) is 2. The van der Waals surface area contributed by atoms with Crippen LogP contribution in [0.3, 0.4) is 0 Å². The fourth-order valence-electron chi connectivity index (χ4n) is 0.774. The molecule has 0 heterocycles. The van der Waals surface area contributed by atoms with Gasteiger partial charge in [0.1, 0.15) is 6.04 Å². The van der Waals surface area contributed by atoms with E-state index in [1.54, 1.807) is 6.92 Å². The number of unbranched alkanes of at least 4 members (excludes halogenated alkanes) is 1. The zero-order valence-electron chi connectivity index (χ0n) is 8.41. The van der Waals surface area contributed by atoms with Crippen molar-refractivity contribution in [2.75, 3.05) is 19.8 Å². The van der Waals surface area contributed by atoms with E-state index in [1.165, 1.54) is 0 Å². The molecule has 4 heteroatoms. The summed E-state index contributed by atoms with van der Waals surface area (Å²) in [7, 11) is 0. The number of hydrogen-bond acceptors (Lipinski definition) is 4. The molecule has 0 aliphatic carbocycles. The van der Waals surface area contributed by atoms with Gasteiger partial charge in [-0.2, -0.15) is 0 Å². The Hall–Kier alpha value is -0.610. The van der Waals surface area contributed by atoms with Gasteiger partial charge < -0.3 is 15.2 Å². The van der Waals surface area contributed by atoms with Crippen molar-refractivity contribution in [3.8, 4) is 0 Å². The third kappa shape index (κ3) is 6.54. The molecule has 0 aromatic carbocycles. The van der Waals surface area contributed by atoms with E-state index in [9.17, 15) is 4.79 Å². The highest BCUT2D eigenvalue weighted by Crippen LogP contribution is 1.91. The quantitative estimate of drug-likeness (QED) is 0.473. The van der Waals surface area contributed by atoms with Crippen LogP contribution < -0.4 is 5.73 Å². The second-order valence-electron chi connectivity index (χ2n) is 2.79. The van der Waals surface area contributed by atoms with Crippen molar-refractivity contribution in [2.24, 2.45) is 5.73 Å². The first-order valence-electron chi connectivity index (χ1n) is 4.72. The monoisotopic (exact) mass is 189 g/mol. The molecule has 0 fully saturated rings. The first-order valence-corrected chi connectivity index (χ1v) is 4.72. The van der Waals surface area contributed by atoms with Gasteiger partial charge in [-0.15, -0.1) is 0 Å². The molecule has 0 spiro atoms. The van der Waals surface area contributed by atoms with Gasteiger partial charge in [-0.1, -0.05) is 13.3 Å². The van der Waals surface area contributed by atoms with Crippen LogP contribution in [-0.4, -0.2) is 31.8 Å². The van der Waals surface area contributed by atoms with Gasteiger partial charge in [0.05, 0.1) is 13.2 Å². The van der Waals surface area contributed by atoms with E-state index in [0.717, 1.165) is 12.8 Å². The number of esters is 1. The molecule has 0 radical (unpaired) electrons. The molecule has 1 unspecified atom stereocenters. The van der Waals surface area contributed by atoms with Crippen molar-refractivity contribution < 1.29 is 14.3 Å². The molecule has 78 valence electrons. The van der Waals surface area contributed by atoms with Crippen molar-refractivity contribution in [1.29, 1.82) is 0 Å². The maximum Gasteiger partial charge on any atom is 0.325 e. The fraction of sp³-hybridized carbons (Fsp3) is 0.889. The molecule has 0 aromatic rings. The minimum atomic E-state index is -0.642. The summed E-state index contributed by atoms with van der Waals surface area (Å²) in [4.78, 5) is 11.0. The largest absolute Gasteiger partial charge is 0.465 e. The fourth-order valence-corrected chi connectivity index (χ4v) is 0.774. The summed E-state index contributed by atoms with van der Waals surface area (Å²) in [5, 5.41) is 0. The summed E-state index contributed by atoms with van der Waals surface area (Å²) in [5.74, 6) is -0.390. The van der Waals surface area contributed by atoms with Crippen LogP contribution >= 0.6 is 0 Å². The molecule has 0 aliphatic rings. The van der Waals surface area contributed by atoms with Gasteiger partial charge in [0.15, 0.2) is 0 Å². The van der Waals surface area contributed by atoms with Crippen molar-refractivity contribution in [3.63, 3.8) is 0 Å². The molecule has 4 nitrogen and oxygen atoms in total. The van der Waals surface area contributed by atoms with Crippen LogP contribution in [0, 0.1) is 0 Å². The Morgan fingerprint density at radius 3 is 2.69 bits per heavy atom. The van der Waals surface area contributed by atoms with E-state index in [0.29, 0.717) is 13.2 Å². The molecule has 0 amide bonds. The lowest BCUT2D eigenvalue weighted by molar-refractivity contribution is -0.146. The number of carbonyl (C=O) groups excluding carboxylic acids is 1. The van der Waals surface area contributed by atoms with Gasteiger partial charge in [0.2, 0.25) is 0 Å². The van der Waals surface area contributed by atoms with E-state index >= 15 is 0 Å². The molecule has 13 heavy (non-hydrogen) atoms. The standard InChI is InChI=1S/C9H19NO3/c1-3-5-6-12-7-8(10)9(11)13-4-2/h8H,3-7,10H2,1-2H3. The van der Waals surface area contributed by atoms with Gasteiger partial charge in [0.25, 0.3) is 0 Å². The van der Waals surface area contributed by atoms with E-state index in [1.807, 2.05) is 0 Å². The molecule has 0 aliphatic heterocycles. The second kappa shape index (κ2) is 8.01. The number of nitrogens with two attached hydrogens (primary N) is 1. The third-order valence-electron chi connectivity index (χ3n) is 1.53. The van der Waals surface area contributed by atoms with Crippen LogP contribution in [0.2, 0.25) is 0 Å². The van der Waals surface area contributed by atoms with E-state index in [4.69, 9.17) is 15.2 Å². The summed E-state index contributed by atoms with van der Waals surface area (Å²) < 4.78 is 9.89. The third-order valence-corrected chi connectivity index (χ3v) is 1.53. The Kier molecular flexibility index (Phi) is 7.63. The van der Waals surface area contributed by atoms with Crippen LogP contribution in [0.15, 0.2) is 0 Å². The minimum absolute atomic E-state index is 0.249. The number of hydrogen-bond donors (Lipinski definition) is 1. The maximum absolute atomic E-state index is 11.0. The van der Waals surface area contributed by atoms with E-state index in [2.05, 4.69) is 6.92 Å². The van der Waals surface area contributed by atoms with E-state index in [-0.39, 0.29) is 12.6 Å². The Labute approximate surface area is 79.4 Å². The molecule has 0 saturated carbocycles. The Morgan fingerprint density at radius 1 is 1.46 bits per heavy atom. The van der Waals surface area contributed by atoms with Gasteiger partial charge in [-0.25, -0.2) is 0 Å². The first-order chi connectivity index (χ1) is 6.22. The van der Waals surface area contributed by atoms with Crippen LogP contribution in [-0.2, 0) is 14.3 Å². The minimum Gasteiger partial charge on any atom is -0.465 e. The maximum atomic E-state index is 11.0. The van der Waals surface area contributed by atoms with Crippen molar-refractivity contribution in [2.45, 2.75) is 32.7 Å². The van der Waals surface area contributed by atoms with Crippen LogP contribution in [0.4, 0.5) is 0 Å². The summed E-state index contributed by atoms with van der Waals surface area (Å²) in [6.07, 6.45) is 2.07. The highest BCUT2D eigenvalue weighted by molar-refractivity contribution is 5.75. The van der Waals surface area contributed by atoms with Gasteiger partial charge in [-0.3, -0.25) is 4.79 Å². The molecule has 0 saturated heterocycles. The summed E-state index contributed by atoms with van der Waals surface area (Å²) in [6.45, 7) is 5.10. The van der Waals surface area contributed by atoms with Gasteiger partial charge in [0, 0.05) is 6.61 Å². The lowest BCUT2D eigenvalue weighted by atomic mass is 10.3. The van der Waals surface area contributed by atoms with Crippen molar-refractivity contribution in [3.05, 3.63) is 0 Å². The highest BCUT2D eigenvalue weighted by atomic mass is 16.5. The average molecular weight is 189 g/mol. The van der Waals surface area contributed by atoms with Gasteiger partial charge >= 0.3 is 5.97 Å². The number of carbonyl (C=O) groups is 1. The second-order valence-corrected chi connectivity index (χ2v) is 2.79. The molecule has 1 atom stereocenters. The van der Waals surface area contributed by atoms with Crippen LogP contribution in [0.25, 0.3) is 0 Å². The predicted molar refractivity (Wildman–Crippen MR) is 50.3 cm³/mol. The molecule has 0 rings (SSSR count). The summed E-state index contributed by atoms with van der Waals surface area (Å²) in [6, 6.07) is -0.642.